The molecule has 0 bridgehead atoms. The van der Waals surface area contributed by atoms with E-state index in [9.17, 15) is 4.79 Å². The molecule has 1 aliphatic heterocycles. The van der Waals surface area contributed by atoms with Crippen molar-refractivity contribution < 1.29 is 9.53 Å². The Morgan fingerprint density at radius 3 is 2.22 bits per heavy atom. The number of methoxy groups -OCH3 is 1. The molecular weight excluding hydrogens is 452 g/mol. The predicted molar refractivity (Wildman–Crippen MR) is 137 cm³/mol. The molecule has 0 amide bonds. The largest absolute Gasteiger partial charge is 0.497 e. The van der Waals surface area contributed by atoms with E-state index in [-0.39, 0.29) is 5.91 Å². The summed E-state index contributed by atoms with van der Waals surface area (Å²) in [5, 5.41) is 18.8. The second-order valence-corrected chi connectivity index (χ2v) is 8.36. The van der Waals surface area contributed by atoms with Gasteiger partial charge in [0.25, 0.3) is 5.91 Å². The summed E-state index contributed by atoms with van der Waals surface area (Å²) in [6.07, 6.45) is 2.03. The van der Waals surface area contributed by atoms with Gasteiger partial charge in [-0.25, -0.2) is 0 Å². The molecule has 0 atom stereocenters. The van der Waals surface area contributed by atoms with Crippen LogP contribution in [0.25, 0.3) is 28.0 Å². The van der Waals surface area contributed by atoms with E-state index in [1.165, 1.54) is 4.68 Å². The second kappa shape index (κ2) is 8.99. The van der Waals surface area contributed by atoms with Crippen molar-refractivity contribution in [3.8, 4) is 28.1 Å². The molecule has 0 radical (unpaired) electrons. The van der Waals surface area contributed by atoms with Crippen LogP contribution in [0.1, 0.15) is 16.1 Å². The third-order valence-electron chi connectivity index (χ3n) is 6.22. The van der Waals surface area contributed by atoms with Crippen LogP contribution in [0.5, 0.6) is 5.75 Å². The molecule has 0 saturated carbocycles. The van der Waals surface area contributed by atoms with Crippen LogP contribution in [0.4, 0.5) is 5.82 Å². The Bertz CT molecular complexity index is 1550. The van der Waals surface area contributed by atoms with Crippen molar-refractivity contribution in [1.29, 1.82) is 0 Å². The average molecular weight is 475 g/mol. The number of fused-ring (bicyclic) bond motifs is 1. The number of anilines is 1. The van der Waals surface area contributed by atoms with E-state index in [0.717, 1.165) is 39.3 Å². The van der Waals surface area contributed by atoms with E-state index in [1.54, 1.807) is 13.3 Å². The number of aromatic nitrogens is 5. The van der Waals surface area contributed by atoms with Gasteiger partial charge in [0.15, 0.2) is 5.82 Å². The average Bonchev–Trinajstić information content (AvgIpc) is 3.58. The molecule has 0 unspecified atom stereocenters. The van der Waals surface area contributed by atoms with Gasteiger partial charge < -0.3 is 10.1 Å². The van der Waals surface area contributed by atoms with Gasteiger partial charge in [-0.3, -0.25) is 4.79 Å². The van der Waals surface area contributed by atoms with Crippen molar-refractivity contribution in [2.75, 3.05) is 12.4 Å². The van der Waals surface area contributed by atoms with Gasteiger partial charge in [0, 0.05) is 23.2 Å². The number of hydrogen-bond acceptors (Lipinski definition) is 6. The minimum Gasteiger partial charge on any atom is -0.497 e. The van der Waals surface area contributed by atoms with E-state index in [1.807, 2.05) is 84.9 Å². The van der Waals surface area contributed by atoms with E-state index in [0.29, 0.717) is 23.6 Å². The molecule has 2 aromatic heterocycles. The summed E-state index contributed by atoms with van der Waals surface area (Å²) in [6, 6.07) is 27.4. The van der Waals surface area contributed by atoms with Crippen molar-refractivity contribution in [1.82, 2.24) is 25.2 Å². The fraction of sp³-hybridized carbons (Fsp3) is 0.0714. The topological polar surface area (TPSA) is 97.7 Å². The van der Waals surface area contributed by atoms with Crippen LogP contribution in [-0.4, -0.2) is 38.2 Å². The maximum Gasteiger partial charge on any atom is 0.280 e. The molecular formula is C28H22N6O2. The highest BCUT2D eigenvalue weighted by atomic mass is 16.5. The summed E-state index contributed by atoms with van der Waals surface area (Å²) in [7, 11) is 1.61. The van der Waals surface area contributed by atoms with E-state index < -0.39 is 0 Å². The molecule has 8 nitrogen and oxygen atoms in total. The molecule has 2 N–H and O–H groups in total. The van der Waals surface area contributed by atoms with Crippen LogP contribution in [-0.2, 0) is 6.42 Å². The highest BCUT2D eigenvalue weighted by molar-refractivity contribution is 6.23. The summed E-state index contributed by atoms with van der Waals surface area (Å²) in [5.74, 6) is 1.03. The Labute approximate surface area is 207 Å². The van der Waals surface area contributed by atoms with Crippen LogP contribution < -0.4 is 10.1 Å². The molecule has 0 saturated heterocycles. The number of nitrogens with zero attached hydrogens (tertiary/aromatic N) is 4. The van der Waals surface area contributed by atoms with Gasteiger partial charge in [-0.05, 0) is 23.3 Å². The normalized spacial score (nSPS) is 13.0. The van der Waals surface area contributed by atoms with Crippen LogP contribution in [0.15, 0.2) is 96.8 Å². The van der Waals surface area contributed by atoms with Crippen molar-refractivity contribution in [3.63, 3.8) is 0 Å². The van der Waals surface area contributed by atoms with E-state index in [4.69, 9.17) is 9.84 Å². The number of carbonyl (C=O) groups is 1. The van der Waals surface area contributed by atoms with E-state index in [2.05, 4.69) is 20.7 Å². The lowest BCUT2D eigenvalue weighted by Gasteiger charge is -2.22. The first-order valence-electron chi connectivity index (χ1n) is 11.5. The van der Waals surface area contributed by atoms with Crippen LogP contribution >= 0.6 is 0 Å². The Morgan fingerprint density at radius 2 is 1.58 bits per heavy atom. The molecule has 3 aromatic carbocycles. The number of rotatable bonds is 6. The first-order chi connectivity index (χ1) is 17.7. The number of carbonyl (C=O) groups excluding carboxylic acids is 1. The molecule has 36 heavy (non-hydrogen) atoms. The summed E-state index contributed by atoms with van der Waals surface area (Å²) >= 11 is 0. The van der Waals surface area contributed by atoms with Gasteiger partial charge in [0.1, 0.15) is 11.4 Å². The smallest absolute Gasteiger partial charge is 0.280 e. The van der Waals surface area contributed by atoms with Gasteiger partial charge in [0.05, 0.1) is 24.6 Å². The summed E-state index contributed by atoms with van der Waals surface area (Å²) < 4.78 is 6.85. The van der Waals surface area contributed by atoms with Crippen LogP contribution in [0.2, 0.25) is 0 Å². The lowest BCUT2D eigenvalue weighted by atomic mass is 9.92. The molecule has 0 aliphatic carbocycles. The Hall–Kier alpha value is -4.98. The summed E-state index contributed by atoms with van der Waals surface area (Å²) in [6.45, 7) is 0. The quantitative estimate of drug-likeness (QED) is 0.357. The minimum absolute atomic E-state index is 0.216. The minimum atomic E-state index is -0.216. The molecule has 8 heteroatoms. The zero-order valence-electron chi connectivity index (χ0n) is 19.5. The zero-order chi connectivity index (χ0) is 24.5. The number of hydrogen-bond donors (Lipinski definition) is 2. The standard InChI is InChI=1S/C28H22N6O2/c1-36-21-14-12-19(13-15-21)25-22(30-24-17-29-33-31-24)16-23-26(18-8-4-2-5-9-18)27(32-34(23)28(25)35)20-10-6-3-7-11-20/h2-15,17H,16H2,1H3,(H2,29,30,31,33). The number of nitrogens with one attached hydrogen (secondary N) is 2. The van der Waals surface area contributed by atoms with Crippen molar-refractivity contribution >= 4 is 17.3 Å². The Kier molecular flexibility index (Phi) is 5.38. The first kappa shape index (κ1) is 21.5. The maximum absolute atomic E-state index is 14.1. The van der Waals surface area contributed by atoms with Gasteiger partial charge >= 0.3 is 0 Å². The second-order valence-electron chi connectivity index (χ2n) is 8.36. The van der Waals surface area contributed by atoms with Gasteiger partial charge in [0.2, 0.25) is 0 Å². The van der Waals surface area contributed by atoms with Crippen molar-refractivity contribution in [2.45, 2.75) is 6.42 Å². The fourth-order valence-electron chi connectivity index (χ4n) is 4.56. The summed E-state index contributed by atoms with van der Waals surface area (Å²) in [4.78, 5) is 14.1. The molecule has 3 heterocycles. The lowest BCUT2D eigenvalue weighted by Crippen LogP contribution is -2.26. The van der Waals surface area contributed by atoms with E-state index >= 15 is 0 Å². The predicted octanol–water partition coefficient (Wildman–Crippen LogP) is 5.06. The number of H-pyrrole nitrogens is 1. The number of aromatic amines is 1. The maximum atomic E-state index is 14.1. The first-order valence-corrected chi connectivity index (χ1v) is 11.5. The van der Waals surface area contributed by atoms with Crippen molar-refractivity contribution in [2.24, 2.45) is 0 Å². The van der Waals surface area contributed by atoms with Gasteiger partial charge in [-0.2, -0.15) is 20.1 Å². The van der Waals surface area contributed by atoms with Crippen LogP contribution in [0, 0.1) is 0 Å². The third-order valence-corrected chi connectivity index (χ3v) is 6.22. The summed E-state index contributed by atoms with van der Waals surface area (Å²) in [5.41, 5.74) is 6.47. The number of benzene rings is 3. The molecule has 5 aromatic rings. The molecule has 0 fully saturated rings. The molecule has 1 aliphatic rings. The lowest BCUT2D eigenvalue weighted by molar-refractivity contribution is 0.0958. The Balaban J connectivity index is 1.56. The molecule has 176 valence electrons. The number of allylic oxidation sites excluding steroid dienone is 2. The zero-order valence-corrected chi connectivity index (χ0v) is 19.5. The highest BCUT2D eigenvalue weighted by Gasteiger charge is 2.33. The van der Waals surface area contributed by atoms with Crippen molar-refractivity contribution in [3.05, 3.63) is 108 Å². The van der Waals surface area contributed by atoms with Gasteiger partial charge in [-0.15, -0.1) is 5.10 Å². The fourth-order valence-corrected chi connectivity index (χ4v) is 4.56. The number of ether oxygens (including phenoxy) is 1. The molecule has 6 rings (SSSR count). The Morgan fingerprint density at radius 1 is 0.889 bits per heavy atom. The third kappa shape index (κ3) is 3.74. The monoisotopic (exact) mass is 474 g/mol. The SMILES string of the molecule is COc1ccc(C2=C(Nc3cn[nH]n3)Cc3c(-c4ccccc4)c(-c4ccccc4)nn3C2=O)cc1. The highest BCUT2D eigenvalue weighted by Crippen LogP contribution is 2.40. The molecule has 0 spiro atoms. The van der Waals surface area contributed by atoms with Crippen LogP contribution in [0.3, 0.4) is 0 Å². The van der Waals surface area contributed by atoms with Gasteiger partial charge in [-0.1, -0.05) is 72.8 Å².